The Labute approximate surface area is 120 Å². The maximum Gasteiger partial charge on any atom is 0.237 e. The third kappa shape index (κ3) is 3.03. The number of hydrogen-bond acceptors (Lipinski definition) is 6. The molecule has 2 aromatic heterocycles. The van der Waals surface area contributed by atoms with Gasteiger partial charge < -0.3 is 4.52 Å². The first kappa shape index (κ1) is 12.8. The summed E-state index contributed by atoms with van der Waals surface area (Å²) < 4.78 is 5.23. The molecule has 0 N–H and O–H groups in total. The Morgan fingerprint density at radius 2 is 1.85 bits per heavy atom. The Morgan fingerprint density at radius 1 is 1.10 bits per heavy atom. The zero-order valence-electron chi connectivity index (χ0n) is 10.9. The van der Waals surface area contributed by atoms with E-state index in [1.54, 1.807) is 18.5 Å². The lowest BCUT2D eigenvalue weighted by Crippen LogP contribution is -1.86. The quantitative estimate of drug-likeness (QED) is 0.541. The fourth-order valence-corrected chi connectivity index (χ4v) is 2.26. The van der Waals surface area contributed by atoms with Gasteiger partial charge in [-0.05, 0) is 13.0 Å². The molecule has 0 aliphatic heterocycles. The SMILES string of the molecule is Cc1ccc(-c2noc(CSc3ncccn3)n2)cc1. The largest absolute Gasteiger partial charge is 0.338 e. The van der Waals surface area contributed by atoms with E-state index in [4.69, 9.17) is 4.52 Å². The van der Waals surface area contributed by atoms with Crippen LogP contribution < -0.4 is 0 Å². The minimum absolute atomic E-state index is 0.558. The summed E-state index contributed by atoms with van der Waals surface area (Å²) in [6.07, 6.45) is 3.42. The van der Waals surface area contributed by atoms with Gasteiger partial charge in [-0.15, -0.1) is 0 Å². The van der Waals surface area contributed by atoms with E-state index < -0.39 is 0 Å². The molecule has 0 radical (unpaired) electrons. The summed E-state index contributed by atoms with van der Waals surface area (Å²) >= 11 is 1.47. The summed E-state index contributed by atoms with van der Waals surface area (Å²) in [4.78, 5) is 12.6. The minimum Gasteiger partial charge on any atom is -0.338 e. The van der Waals surface area contributed by atoms with Crippen molar-refractivity contribution in [3.8, 4) is 11.4 Å². The fraction of sp³-hybridized carbons (Fsp3) is 0.143. The van der Waals surface area contributed by atoms with Crippen LogP contribution in [0.5, 0.6) is 0 Å². The van der Waals surface area contributed by atoms with Crippen LogP contribution >= 0.6 is 11.8 Å². The second-order valence-corrected chi connectivity index (χ2v) is 5.14. The summed E-state index contributed by atoms with van der Waals surface area (Å²) in [7, 11) is 0. The zero-order valence-corrected chi connectivity index (χ0v) is 11.7. The number of aromatic nitrogens is 4. The molecule has 0 atom stereocenters. The van der Waals surface area contributed by atoms with E-state index in [0.29, 0.717) is 22.6 Å². The van der Waals surface area contributed by atoms with Crippen molar-refractivity contribution >= 4 is 11.8 Å². The van der Waals surface area contributed by atoms with Gasteiger partial charge in [0.25, 0.3) is 0 Å². The maximum atomic E-state index is 5.23. The Hall–Kier alpha value is -2.21. The molecule has 0 amide bonds. The lowest BCUT2D eigenvalue weighted by atomic mass is 10.1. The molecule has 6 heteroatoms. The first-order valence-corrected chi connectivity index (χ1v) is 7.09. The van der Waals surface area contributed by atoms with E-state index >= 15 is 0 Å². The Morgan fingerprint density at radius 3 is 2.60 bits per heavy atom. The maximum absolute atomic E-state index is 5.23. The number of thioether (sulfide) groups is 1. The van der Waals surface area contributed by atoms with E-state index in [0.717, 1.165) is 5.56 Å². The van der Waals surface area contributed by atoms with Gasteiger partial charge in [0.2, 0.25) is 11.7 Å². The van der Waals surface area contributed by atoms with E-state index in [2.05, 4.69) is 20.1 Å². The van der Waals surface area contributed by atoms with Gasteiger partial charge in [0.05, 0.1) is 5.75 Å². The molecule has 0 aliphatic carbocycles. The summed E-state index contributed by atoms with van der Waals surface area (Å²) in [5.41, 5.74) is 2.15. The average molecular weight is 284 g/mol. The van der Waals surface area contributed by atoms with E-state index in [1.807, 2.05) is 31.2 Å². The number of nitrogens with zero attached hydrogens (tertiary/aromatic N) is 4. The van der Waals surface area contributed by atoms with Crippen LogP contribution in [0.25, 0.3) is 11.4 Å². The molecule has 0 bridgehead atoms. The van der Waals surface area contributed by atoms with Crippen molar-refractivity contribution in [2.75, 3.05) is 0 Å². The van der Waals surface area contributed by atoms with Crippen LogP contribution in [0, 0.1) is 6.92 Å². The third-order valence-electron chi connectivity index (χ3n) is 2.64. The van der Waals surface area contributed by atoms with Crippen molar-refractivity contribution in [3.05, 3.63) is 54.2 Å². The highest BCUT2D eigenvalue weighted by Gasteiger charge is 2.09. The van der Waals surface area contributed by atoms with Crippen LogP contribution in [0.4, 0.5) is 0 Å². The predicted octanol–water partition coefficient (Wildman–Crippen LogP) is 3.13. The molecular formula is C14H12N4OS. The van der Waals surface area contributed by atoms with Crippen LogP contribution in [0.3, 0.4) is 0 Å². The third-order valence-corrected chi connectivity index (χ3v) is 3.50. The van der Waals surface area contributed by atoms with Crippen molar-refractivity contribution in [1.29, 1.82) is 0 Å². The summed E-state index contributed by atoms with van der Waals surface area (Å²) in [5, 5.41) is 4.68. The van der Waals surface area contributed by atoms with Crippen LogP contribution in [0.15, 0.2) is 52.4 Å². The second-order valence-electron chi connectivity index (χ2n) is 4.20. The van der Waals surface area contributed by atoms with Gasteiger partial charge in [-0.1, -0.05) is 46.7 Å². The van der Waals surface area contributed by atoms with Crippen molar-refractivity contribution in [2.45, 2.75) is 17.8 Å². The number of hydrogen-bond donors (Lipinski definition) is 0. The van der Waals surface area contributed by atoms with Crippen LogP contribution in [0.1, 0.15) is 11.5 Å². The second kappa shape index (κ2) is 5.83. The molecule has 0 spiro atoms. The molecule has 0 aliphatic rings. The monoisotopic (exact) mass is 284 g/mol. The summed E-state index contributed by atoms with van der Waals surface area (Å²) in [6.45, 7) is 2.04. The average Bonchev–Trinajstić information content (AvgIpc) is 2.96. The van der Waals surface area contributed by atoms with E-state index in [-0.39, 0.29) is 0 Å². The van der Waals surface area contributed by atoms with Crippen molar-refractivity contribution in [1.82, 2.24) is 20.1 Å². The van der Waals surface area contributed by atoms with E-state index in [1.165, 1.54) is 17.3 Å². The molecular weight excluding hydrogens is 272 g/mol. The summed E-state index contributed by atoms with van der Waals surface area (Å²) in [6, 6.07) is 9.80. The van der Waals surface area contributed by atoms with Crippen molar-refractivity contribution in [2.24, 2.45) is 0 Å². The normalized spacial score (nSPS) is 10.7. The molecule has 20 heavy (non-hydrogen) atoms. The van der Waals surface area contributed by atoms with Crippen LogP contribution in [0.2, 0.25) is 0 Å². The molecule has 3 rings (SSSR count). The zero-order chi connectivity index (χ0) is 13.8. The fourth-order valence-electron chi connectivity index (χ4n) is 1.62. The topological polar surface area (TPSA) is 64.7 Å². The lowest BCUT2D eigenvalue weighted by Gasteiger charge is -1.95. The molecule has 0 unspecified atom stereocenters. The lowest BCUT2D eigenvalue weighted by molar-refractivity contribution is 0.391. The predicted molar refractivity (Wildman–Crippen MR) is 76.1 cm³/mol. The molecule has 0 saturated carbocycles. The van der Waals surface area contributed by atoms with Crippen LogP contribution in [-0.2, 0) is 5.75 Å². The highest BCUT2D eigenvalue weighted by molar-refractivity contribution is 7.98. The first-order valence-electron chi connectivity index (χ1n) is 6.11. The number of aryl methyl sites for hydroxylation is 1. The van der Waals surface area contributed by atoms with Crippen LogP contribution in [-0.4, -0.2) is 20.1 Å². The van der Waals surface area contributed by atoms with Gasteiger partial charge in [-0.25, -0.2) is 9.97 Å². The molecule has 2 heterocycles. The molecule has 0 saturated heterocycles. The van der Waals surface area contributed by atoms with Gasteiger partial charge >= 0.3 is 0 Å². The highest BCUT2D eigenvalue weighted by Crippen LogP contribution is 2.20. The van der Waals surface area contributed by atoms with Gasteiger partial charge in [0, 0.05) is 18.0 Å². The Balaban J connectivity index is 1.69. The molecule has 3 aromatic rings. The van der Waals surface area contributed by atoms with E-state index in [9.17, 15) is 0 Å². The number of rotatable bonds is 4. The molecule has 100 valence electrons. The smallest absolute Gasteiger partial charge is 0.237 e. The van der Waals surface area contributed by atoms with Crippen molar-refractivity contribution in [3.63, 3.8) is 0 Å². The highest BCUT2D eigenvalue weighted by atomic mass is 32.2. The number of benzene rings is 1. The minimum atomic E-state index is 0.558. The molecule has 5 nitrogen and oxygen atoms in total. The Kier molecular flexibility index (Phi) is 3.73. The summed E-state index contributed by atoms with van der Waals surface area (Å²) in [5.74, 6) is 1.73. The van der Waals surface area contributed by atoms with Gasteiger partial charge in [-0.2, -0.15) is 4.98 Å². The van der Waals surface area contributed by atoms with Gasteiger partial charge in [0.1, 0.15) is 0 Å². The van der Waals surface area contributed by atoms with Crippen molar-refractivity contribution < 1.29 is 4.52 Å². The Bertz CT molecular complexity index is 682. The molecule has 1 aromatic carbocycles. The van der Waals surface area contributed by atoms with Gasteiger partial charge in [0.15, 0.2) is 5.16 Å². The van der Waals surface area contributed by atoms with Gasteiger partial charge in [-0.3, -0.25) is 0 Å². The standard InChI is InChI=1S/C14H12N4OS/c1-10-3-5-11(6-4-10)13-17-12(19-18-13)9-20-14-15-7-2-8-16-14/h2-8H,9H2,1H3. The molecule has 0 fully saturated rings. The first-order chi connectivity index (χ1) is 9.81.